The van der Waals surface area contributed by atoms with Gasteiger partial charge in [0.15, 0.2) is 11.6 Å². The standard InChI is InChI=1S/C12H10BrF2NS/c1-7(11-4-5-12(13)17-11)16-8-2-3-9(14)10(15)6-8/h2-7,16H,1H3. The SMILES string of the molecule is CC(Nc1ccc(F)c(F)c1)c1ccc(Br)s1. The van der Waals surface area contributed by atoms with E-state index in [2.05, 4.69) is 21.2 Å². The van der Waals surface area contributed by atoms with E-state index < -0.39 is 11.6 Å². The number of benzene rings is 1. The van der Waals surface area contributed by atoms with Gasteiger partial charge in [-0.1, -0.05) is 0 Å². The van der Waals surface area contributed by atoms with Crippen molar-refractivity contribution in [1.82, 2.24) is 0 Å². The zero-order chi connectivity index (χ0) is 12.4. The van der Waals surface area contributed by atoms with Gasteiger partial charge in [0.25, 0.3) is 0 Å². The largest absolute Gasteiger partial charge is 0.378 e. The highest BCUT2D eigenvalue weighted by Gasteiger charge is 2.09. The Morgan fingerprint density at radius 1 is 1.18 bits per heavy atom. The molecule has 1 nitrogen and oxygen atoms in total. The summed E-state index contributed by atoms with van der Waals surface area (Å²) in [6.45, 7) is 1.97. The van der Waals surface area contributed by atoms with Crippen LogP contribution in [0.15, 0.2) is 34.1 Å². The minimum atomic E-state index is -0.838. The molecule has 0 aliphatic heterocycles. The Balaban J connectivity index is 2.12. The zero-order valence-electron chi connectivity index (χ0n) is 9.01. The lowest BCUT2D eigenvalue weighted by Crippen LogP contribution is -2.05. The number of halogens is 3. The lowest BCUT2D eigenvalue weighted by molar-refractivity contribution is 0.509. The van der Waals surface area contributed by atoms with E-state index in [1.807, 2.05) is 19.1 Å². The van der Waals surface area contributed by atoms with Gasteiger partial charge in [-0.25, -0.2) is 8.78 Å². The van der Waals surface area contributed by atoms with Crippen molar-refractivity contribution < 1.29 is 8.78 Å². The van der Waals surface area contributed by atoms with Crippen molar-refractivity contribution in [1.29, 1.82) is 0 Å². The summed E-state index contributed by atoms with van der Waals surface area (Å²) >= 11 is 5.00. The van der Waals surface area contributed by atoms with Crippen LogP contribution < -0.4 is 5.32 Å². The molecule has 1 aromatic heterocycles. The molecule has 1 atom stereocenters. The van der Waals surface area contributed by atoms with Gasteiger partial charge in [0.1, 0.15) is 0 Å². The highest BCUT2D eigenvalue weighted by atomic mass is 79.9. The Bertz CT molecular complexity index is 527. The van der Waals surface area contributed by atoms with Crippen LogP contribution in [-0.4, -0.2) is 0 Å². The molecule has 5 heteroatoms. The van der Waals surface area contributed by atoms with Crippen molar-refractivity contribution in [3.63, 3.8) is 0 Å². The fourth-order valence-electron chi connectivity index (χ4n) is 1.47. The van der Waals surface area contributed by atoms with Crippen molar-refractivity contribution in [2.75, 3.05) is 5.32 Å². The lowest BCUT2D eigenvalue weighted by atomic mass is 10.2. The first kappa shape index (κ1) is 12.5. The Morgan fingerprint density at radius 3 is 2.53 bits per heavy atom. The number of hydrogen-bond acceptors (Lipinski definition) is 2. The number of rotatable bonds is 3. The van der Waals surface area contributed by atoms with Crippen LogP contribution in [0.25, 0.3) is 0 Å². The molecule has 0 saturated heterocycles. The van der Waals surface area contributed by atoms with Crippen molar-refractivity contribution >= 4 is 33.0 Å². The highest BCUT2D eigenvalue weighted by Crippen LogP contribution is 2.29. The molecule has 1 unspecified atom stereocenters. The van der Waals surface area contributed by atoms with E-state index in [1.54, 1.807) is 11.3 Å². The molecule has 0 amide bonds. The van der Waals surface area contributed by atoms with Crippen LogP contribution in [0.4, 0.5) is 14.5 Å². The molecular formula is C12H10BrF2NS. The average Bonchev–Trinajstić information content (AvgIpc) is 2.70. The minimum Gasteiger partial charge on any atom is -0.378 e. The van der Waals surface area contributed by atoms with Crippen molar-refractivity contribution in [3.05, 3.63) is 50.6 Å². The predicted molar refractivity (Wildman–Crippen MR) is 70.4 cm³/mol. The van der Waals surface area contributed by atoms with Crippen LogP contribution in [0.2, 0.25) is 0 Å². The molecule has 17 heavy (non-hydrogen) atoms. The summed E-state index contributed by atoms with van der Waals surface area (Å²) in [6, 6.07) is 7.81. The second kappa shape index (κ2) is 5.14. The fraction of sp³-hybridized carbons (Fsp3) is 0.167. The molecule has 90 valence electrons. The van der Waals surface area contributed by atoms with Gasteiger partial charge in [0.05, 0.1) is 9.83 Å². The monoisotopic (exact) mass is 317 g/mol. The molecule has 1 N–H and O–H groups in total. The molecule has 0 bridgehead atoms. The summed E-state index contributed by atoms with van der Waals surface area (Å²) in [7, 11) is 0. The third-order valence-corrected chi connectivity index (χ3v) is 4.13. The summed E-state index contributed by atoms with van der Waals surface area (Å²) in [5.74, 6) is -1.67. The van der Waals surface area contributed by atoms with E-state index in [0.717, 1.165) is 20.8 Å². The second-order valence-electron chi connectivity index (χ2n) is 3.64. The second-order valence-corrected chi connectivity index (χ2v) is 6.13. The highest BCUT2D eigenvalue weighted by molar-refractivity contribution is 9.11. The maximum Gasteiger partial charge on any atom is 0.160 e. The molecule has 0 aliphatic rings. The molecule has 1 aromatic carbocycles. The summed E-state index contributed by atoms with van der Waals surface area (Å²) in [5, 5.41) is 3.12. The average molecular weight is 318 g/mol. The number of anilines is 1. The molecule has 0 spiro atoms. The normalized spacial score (nSPS) is 12.5. The van der Waals surface area contributed by atoms with Gasteiger partial charge < -0.3 is 5.32 Å². The molecule has 0 saturated carbocycles. The van der Waals surface area contributed by atoms with Crippen LogP contribution in [0.1, 0.15) is 17.8 Å². The first-order valence-electron chi connectivity index (χ1n) is 5.03. The predicted octanol–water partition coefficient (Wildman–Crippen LogP) is 4.96. The van der Waals surface area contributed by atoms with Crippen LogP contribution in [0.5, 0.6) is 0 Å². The van der Waals surface area contributed by atoms with E-state index >= 15 is 0 Å². The smallest absolute Gasteiger partial charge is 0.160 e. The number of hydrogen-bond donors (Lipinski definition) is 1. The quantitative estimate of drug-likeness (QED) is 0.843. The molecule has 2 aromatic rings. The van der Waals surface area contributed by atoms with Crippen molar-refractivity contribution in [2.24, 2.45) is 0 Å². The van der Waals surface area contributed by atoms with Gasteiger partial charge in [-0.2, -0.15) is 0 Å². The van der Waals surface area contributed by atoms with Crippen LogP contribution in [0.3, 0.4) is 0 Å². The van der Waals surface area contributed by atoms with Crippen LogP contribution in [-0.2, 0) is 0 Å². The summed E-state index contributed by atoms with van der Waals surface area (Å²) in [6.07, 6.45) is 0. The minimum absolute atomic E-state index is 0.0520. The van der Waals surface area contributed by atoms with Crippen LogP contribution >= 0.6 is 27.3 Å². The summed E-state index contributed by atoms with van der Waals surface area (Å²) < 4.78 is 26.8. The van der Waals surface area contributed by atoms with Gasteiger partial charge in [0, 0.05) is 16.6 Å². The Labute approximate surface area is 111 Å². The Morgan fingerprint density at radius 2 is 1.94 bits per heavy atom. The molecule has 2 rings (SSSR count). The lowest BCUT2D eigenvalue weighted by Gasteiger charge is -2.13. The summed E-state index contributed by atoms with van der Waals surface area (Å²) in [4.78, 5) is 1.13. The molecular weight excluding hydrogens is 308 g/mol. The van der Waals surface area contributed by atoms with Crippen molar-refractivity contribution in [3.8, 4) is 0 Å². The van der Waals surface area contributed by atoms with Crippen molar-refractivity contribution in [2.45, 2.75) is 13.0 Å². The third kappa shape index (κ3) is 3.04. The summed E-state index contributed by atoms with van der Waals surface area (Å²) in [5.41, 5.74) is 0.570. The maximum absolute atomic E-state index is 13.0. The Hall–Kier alpha value is -0.940. The van der Waals surface area contributed by atoms with Crippen LogP contribution in [0, 0.1) is 11.6 Å². The first-order chi connectivity index (χ1) is 8.06. The topological polar surface area (TPSA) is 12.0 Å². The number of nitrogens with one attached hydrogen (secondary N) is 1. The molecule has 0 fully saturated rings. The van der Waals surface area contributed by atoms with E-state index in [-0.39, 0.29) is 6.04 Å². The first-order valence-corrected chi connectivity index (χ1v) is 6.64. The molecule has 1 heterocycles. The number of thiophene rings is 1. The van der Waals surface area contributed by atoms with E-state index in [1.165, 1.54) is 6.07 Å². The Kier molecular flexibility index (Phi) is 3.79. The zero-order valence-corrected chi connectivity index (χ0v) is 11.4. The van der Waals surface area contributed by atoms with E-state index in [0.29, 0.717) is 5.69 Å². The third-order valence-electron chi connectivity index (χ3n) is 2.32. The van der Waals surface area contributed by atoms with Gasteiger partial charge >= 0.3 is 0 Å². The van der Waals surface area contributed by atoms with E-state index in [9.17, 15) is 8.78 Å². The maximum atomic E-state index is 13.0. The van der Waals surface area contributed by atoms with E-state index in [4.69, 9.17) is 0 Å². The fourth-order valence-corrected chi connectivity index (χ4v) is 2.89. The molecule has 0 radical (unpaired) electrons. The van der Waals surface area contributed by atoms with Gasteiger partial charge in [-0.15, -0.1) is 11.3 Å². The molecule has 0 aliphatic carbocycles. The van der Waals surface area contributed by atoms with Gasteiger partial charge in [-0.3, -0.25) is 0 Å². The van der Waals surface area contributed by atoms with Gasteiger partial charge in [-0.05, 0) is 47.1 Å². The van der Waals surface area contributed by atoms with Gasteiger partial charge in [0.2, 0.25) is 0 Å².